The van der Waals surface area contributed by atoms with Gasteiger partial charge in [-0.05, 0) is 139 Å². The summed E-state index contributed by atoms with van der Waals surface area (Å²) in [5.74, 6) is 0.290. The second-order valence-corrected chi connectivity index (χ2v) is 17.5. The van der Waals surface area contributed by atoms with E-state index in [4.69, 9.17) is 28.2 Å². The summed E-state index contributed by atoms with van der Waals surface area (Å²) in [6, 6.07) is 27.9. The normalized spacial score (nSPS) is 15.8. The number of aryl methyl sites for hydroxylation is 4. The number of piperidine rings is 2. The summed E-state index contributed by atoms with van der Waals surface area (Å²) < 4.78 is 1.00. The summed E-state index contributed by atoms with van der Waals surface area (Å²) in [7, 11) is 0. The number of amides is 2. The Kier molecular flexibility index (Phi) is 12.8. The van der Waals surface area contributed by atoms with Crippen molar-refractivity contribution in [3.63, 3.8) is 0 Å². The van der Waals surface area contributed by atoms with E-state index in [9.17, 15) is 14.8 Å². The topological polar surface area (TPSA) is 106 Å². The van der Waals surface area contributed by atoms with Crippen molar-refractivity contribution < 1.29 is 14.3 Å². The van der Waals surface area contributed by atoms with Crippen molar-refractivity contribution in [2.45, 2.75) is 64.2 Å². The van der Waals surface area contributed by atoms with Gasteiger partial charge < -0.3 is 15.0 Å². The van der Waals surface area contributed by atoms with Crippen LogP contribution in [0, 0.1) is 5.21 Å². The number of likely N-dealkylation sites (tertiary alicyclic amines) is 2. The molecule has 6 aromatic rings. The van der Waals surface area contributed by atoms with Gasteiger partial charge >= 0.3 is 0 Å². The molecule has 0 radical (unpaired) electrons. The number of halogens is 2. The summed E-state index contributed by atoms with van der Waals surface area (Å²) in [5.41, 5.74) is 15.8. The number of pyridine rings is 4. The highest BCUT2D eigenvalue weighted by atomic mass is 35.5. The molecule has 10 rings (SSSR count). The number of hydrogen-bond acceptors (Lipinski definition) is 6. The molecule has 0 N–H and O–H groups in total. The molecule has 318 valence electrons. The summed E-state index contributed by atoms with van der Waals surface area (Å²) in [6.45, 7) is 2.79. The fourth-order valence-corrected chi connectivity index (χ4v) is 9.93. The van der Waals surface area contributed by atoms with E-state index in [0.717, 1.165) is 113 Å². The number of carbonyl (C=O) groups is 2. The van der Waals surface area contributed by atoms with Crippen LogP contribution in [0.2, 0.25) is 10.0 Å². The molecule has 9 nitrogen and oxygen atoms in total. The summed E-state index contributed by atoms with van der Waals surface area (Å²) in [4.78, 5) is 42.5. The van der Waals surface area contributed by atoms with Crippen LogP contribution in [0.3, 0.4) is 0 Å². The van der Waals surface area contributed by atoms with Gasteiger partial charge in [0.2, 0.25) is 17.5 Å². The molecule has 2 aliphatic heterocycles. The Balaban J connectivity index is 0.000000160. The number of carbonyl (C=O) groups excluding carboxylic acids is 2. The predicted octanol–water partition coefficient (Wildman–Crippen LogP) is 9.03. The smallest absolute Gasteiger partial charge is 0.227 e. The van der Waals surface area contributed by atoms with Crippen LogP contribution >= 0.6 is 23.2 Å². The number of benzene rings is 2. The van der Waals surface area contributed by atoms with E-state index in [0.29, 0.717) is 31.0 Å². The van der Waals surface area contributed by atoms with E-state index in [-0.39, 0.29) is 11.8 Å². The molecule has 4 aliphatic rings. The molecule has 0 unspecified atom stereocenters. The highest BCUT2D eigenvalue weighted by Crippen LogP contribution is 2.40. The number of aromatic nitrogens is 4. The lowest BCUT2D eigenvalue weighted by Gasteiger charge is -2.30. The number of nitrogens with zero attached hydrogens (tertiary/aromatic N) is 6. The Morgan fingerprint density at radius 3 is 1.62 bits per heavy atom. The quantitative estimate of drug-likeness (QED) is 0.129. The summed E-state index contributed by atoms with van der Waals surface area (Å²) >= 11 is 12.6. The summed E-state index contributed by atoms with van der Waals surface area (Å²) in [6.07, 6.45) is 18.0. The third-order valence-corrected chi connectivity index (χ3v) is 13.2. The van der Waals surface area contributed by atoms with Crippen molar-refractivity contribution in [1.82, 2.24) is 24.8 Å². The van der Waals surface area contributed by atoms with Gasteiger partial charge in [-0.3, -0.25) is 24.5 Å². The zero-order chi connectivity index (χ0) is 43.3. The van der Waals surface area contributed by atoms with Gasteiger partial charge in [-0.15, -0.1) is 0 Å². The number of rotatable bonds is 4. The Morgan fingerprint density at radius 2 is 1.06 bits per heavy atom. The Morgan fingerprint density at radius 1 is 0.571 bits per heavy atom. The maximum atomic E-state index is 12.9. The van der Waals surface area contributed by atoms with Crippen molar-refractivity contribution in [3.05, 3.63) is 204 Å². The predicted molar refractivity (Wildman–Crippen MR) is 247 cm³/mol. The van der Waals surface area contributed by atoms with Crippen molar-refractivity contribution in [2.75, 3.05) is 26.2 Å². The van der Waals surface area contributed by atoms with Crippen LogP contribution in [0.5, 0.6) is 0 Å². The van der Waals surface area contributed by atoms with E-state index < -0.39 is 0 Å². The van der Waals surface area contributed by atoms with Crippen molar-refractivity contribution >= 4 is 46.2 Å². The SMILES string of the molecule is O=C(Cc1cccnc1)N1CCC(=C2c3ccc(Cl)cc3CCc3ccc[n+]([O-])c32)CC1.O=C(Cc1cccnc1)N1CCC(=C2c3ccc(Cl)cc3CCc3cccnc32)CC1. The maximum Gasteiger partial charge on any atom is 0.227 e. The maximum absolute atomic E-state index is 12.9. The van der Waals surface area contributed by atoms with Gasteiger partial charge in [-0.1, -0.05) is 64.7 Å². The first-order valence-electron chi connectivity index (χ1n) is 21.8. The van der Waals surface area contributed by atoms with Gasteiger partial charge in [-0.2, -0.15) is 4.73 Å². The number of fused-ring (bicyclic) bond motifs is 4. The molecule has 2 saturated heterocycles. The zero-order valence-corrected chi connectivity index (χ0v) is 36.6. The van der Waals surface area contributed by atoms with Crippen LogP contribution in [0.25, 0.3) is 11.1 Å². The van der Waals surface area contributed by atoms with Crippen LogP contribution in [-0.4, -0.2) is 62.7 Å². The van der Waals surface area contributed by atoms with Gasteiger partial charge in [0.05, 0.1) is 24.1 Å². The Hall–Kier alpha value is -6.16. The van der Waals surface area contributed by atoms with Gasteiger partial charge in [-0.25, -0.2) is 0 Å². The molecule has 0 atom stereocenters. The molecule has 0 bridgehead atoms. The molecular formula is C52H48Cl2N6O3. The van der Waals surface area contributed by atoms with Crippen molar-refractivity contribution in [3.8, 4) is 0 Å². The van der Waals surface area contributed by atoms with E-state index >= 15 is 0 Å². The molecular weight excluding hydrogens is 828 g/mol. The van der Waals surface area contributed by atoms with Gasteiger partial charge in [0.15, 0.2) is 6.20 Å². The van der Waals surface area contributed by atoms with Crippen LogP contribution in [0.15, 0.2) is 133 Å². The van der Waals surface area contributed by atoms with Crippen LogP contribution < -0.4 is 4.73 Å². The van der Waals surface area contributed by atoms with Crippen LogP contribution in [-0.2, 0) is 48.1 Å². The standard InChI is InChI=1S/C26H24ClN3O2.C26H24ClN3O/c27-22-7-8-23-21(16-22)6-5-20-4-2-12-30(32)26(20)25(23)19-9-13-29(14-10-19)24(31)15-18-3-1-11-28-17-18;27-22-7-8-23-21(16-22)6-5-20-4-2-12-29-26(20)25(23)19-9-13-30(14-10-19)24(31)15-18-3-1-11-28-17-18/h1-4,7-8,11-12,16-17H,5-6,9-10,13-15H2;1-4,7-8,11-12,16-17H,5-6,9-10,13-15H2. The lowest BCUT2D eigenvalue weighted by molar-refractivity contribution is -0.608. The average molecular weight is 876 g/mol. The minimum atomic E-state index is 0.120. The lowest BCUT2D eigenvalue weighted by atomic mass is 9.88. The highest BCUT2D eigenvalue weighted by Gasteiger charge is 2.31. The van der Waals surface area contributed by atoms with E-state index in [2.05, 4.69) is 28.2 Å². The summed E-state index contributed by atoms with van der Waals surface area (Å²) in [5, 5.41) is 14.4. The fourth-order valence-electron chi connectivity index (χ4n) is 9.54. The average Bonchev–Trinajstić information content (AvgIpc) is 3.58. The molecule has 11 heteroatoms. The van der Waals surface area contributed by atoms with E-state index in [1.165, 1.54) is 39.0 Å². The zero-order valence-electron chi connectivity index (χ0n) is 35.1. The molecule has 2 amide bonds. The Labute approximate surface area is 378 Å². The molecule has 2 aliphatic carbocycles. The molecule has 0 saturated carbocycles. The largest absolute Gasteiger partial charge is 0.618 e. The van der Waals surface area contributed by atoms with E-state index in [1.807, 2.05) is 82.7 Å². The molecule has 0 spiro atoms. The molecule has 2 aromatic carbocycles. The first-order valence-corrected chi connectivity index (χ1v) is 22.6. The van der Waals surface area contributed by atoms with Gasteiger partial charge in [0, 0.05) is 84.4 Å². The molecule has 2 fully saturated rings. The molecule has 63 heavy (non-hydrogen) atoms. The third-order valence-electron chi connectivity index (χ3n) is 12.7. The molecule has 6 heterocycles. The molecule has 4 aromatic heterocycles. The third kappa shape index (κ3) is 9.46. The van der Waals surface area contributed by atoms with Crippen molar-refractivity contribution in [1.29, 1.82) is 0 Å². The first-order chi connectivity index (χ1) is 30.8. The van der Waals surface area contributed by atoms with E-state index in [1.54, 1.807) is 31.0 Å². The number of hydrogen-bond donors (Lipinski definition) is 0. The Bertz CT molecular complexity index is 2720. The minimum absolute atomic E-state index is 0.120. The second kappa shape index (κ2) is 19.1. The van der Waals surface area contributed by atoms with Crippen LogP contribution in [0.1, 0.15) is 81.6 Å². The lowest BCUT2D eigenvalue weighted by Crippen LogP contribution is -2.38. The fraction of sp³-hybridized carbons (Fsp3) is 0.269. The highest BCUT2D eigenvalue weighted by molar-refractivity contribution is 6.31. The minimum Gasteiger partial charge on any atom is -0.618 e. The van der Waals surface area contributed by atoms with Gasteiger partial charge in [0.25, 0.3) is 0 Å². The first kappa shape index (κ1) is 42.2. The van der Waals surface area contributed by atoms with Crippen LogP contribution in [0.4, 0.5) is 0 Å². The van der Waals surface area contributed by atoms with Gasteiger partial charge in [0.1, 0.15) is 0 Å². The monoisotopic (exact) mass is 874 g/mol. The van der Waals surface area contributed by atoms with Crippen molar-refractivity contribution in [2.24, 2.45) is 0 Å². The second-order valence-electron chi connectivity index (χ2n) is 16.6.